The second-order valence-electron chi connectivity index (χ2n) is 4.55. The highest BCUT2D eigenvalue weighted by Crippen LogP contribution is 2.29. The predicted octanol–water partition coefficient (Wildman–Crippen LogP) is 3.34. The van der Waals surface area contributed by atoms with E-state index in [0.29, 0.717) is 5.69 Å². The third-order valence-electron chi connectivity index (χ3n) is 3.04. The molecule has 0 bridgehead atoms. The van der Waals surface area contributed by atoms with E-state index in [0.717, 1.165) is 10.9 Å². The molecule has 1 atom stereocenters. The number of para-hydroxylation sites is 1. The van der Waals surface area contributed by atoms with Crippen LogP contribution in [0.5, 0.6) is 0 Å². The lowest BCUT2D eigenvalue weighted by Gasteiger charge is -2.09. The van der Waals surface area contributed by atoms with E-state index < -0.39 is 18.7 Å². The quantitative estimate of drug-likeness (QED) is 0.927. The topological polar surface area (TPSA) is 38.0 Å². The first-order valence-electron chi connectivity index (χ1n) is 6.05. The van der Waals surface area contributed by atoms with Gasteiger partial charge >= 0.3 is 6.18 Å². The van der Waals surface area contributed by atoms with Gasteiger partial charge in [0.05, 0.1) is 17.3 Å². The van der Waals surface area contributed by atoms with Gasteiger partial charge in [0.15, 0.2) is 0 Å². The molecule has 1 N–H and O–H groups in total. The summed E-state index contributed by atoms with van der Waals surface area (Å²) in [6, 6.07) is 7.33. The number of aryl methyl sites for hydroxylation is 1. The third-order valence-corrected chi connectivity index (χ3v) is 3.04. The Kier molecular flexibility index (Phi) is 3.80. The van der Waals surface area contributed by atoms with Crippen LogP contribution in [0.4, 0.5) is 13.2 Å². The minimum absolute atomic E-state index is 0.0561. The summed E-state index contributed by atoms with van der Waals surface area (Å²) >= 11 is 0. The lowest BCUT2D eigenvalue weighted by atomic mass is 10.1. The molecular formula is C13H15F3N2O. The summed E-state index contributed by atoms with van der Waals surface area (Å²) in [5.41, 5.74) is 1.30. The van der Waals surface area contributed by atoms with Gasteiger partial charge in [-0.1, -0.05) is 18.2 Å². The van der Waals surface area contributed by atoms with Gasteiger partial charge in [0.25, 0.3) is 0 Å². The molecule has 0 radical (unpaired) electrons. The summed E-state index contributed by atoms with van der Waals surface area (Å²) in [6.45, 7) is 0. The number of nitrogens with zero attached hydrogens (tertiary/aromatic N) is 2. The van der Waals surface area contributed by atoms with Gasteiger partial charge < -0.3 is 5.11 Å². The summed E-state index contributed by atoms with van der Waals surface area (Å²) in [6.07, 6.45) is -6.06. The Morgan fingerprint density at radius 3 is 2.68 bits per heavy atom. The molecule has 2 rings (SSSR count). The first-order chi connectivity index (χ1) is 8.88. The standard InChI is InChI=1S/C13H15F3N2O/c1-18-10-6-3-2-5-9(10)12(17-18)11(19)7-4-8-13(14,15)16/h2-3,5-6,11,19H,4,7-8H2,1H3. The normalized spacial score (nSPS) is 13.9. The molecule has 0 amide bonds. The van der Waals surface area contributed by atoms with Crippen molar-refractivity contribution in [3.8, 4) is 0 Å². The summed E-state index contributed by atoms with van der Waals surface area (Å²) in [5.74, 6) is 0. The van der Waals surface area contributed by atoms with Crippen LogP contribution in [0.1, 0.15) is 31.1 Å². The van der Waals surface area contributed by atoms with E-state index in [-0.39, 0.29) is 12.8 Å². The average molecular weight is 272 g/mol. The van der Waals surface area contributed by atoms with Crippen LogP contribution in [0.2, 0.25) is 0 Å². The molecule has 3 nitrogen and oxygen atoms in total. The number of aliphatic hydroxyl groups excluding tert-OH is 1. The molecule has 0 saturated heterocycles. The predicted molar refractivity (Wildman–Crippen MR) is 65.6 cm³/mol. The van der Waals surface area contributed by atoms with Crippen LogP contribution < -0.4 is 0 Å². The molecule has 1 heterocycles. The largest absolute Gasteiger partial charge is 0.389 e. The highest BCUT2D eigenvalue weighted by atomic mass is 19.4. The second kappa shape index (κ2) is 5.21. The Balaban J connectivity index is 2.11. The maximum Gasteiger partial charge on any atom is 0.389 e. The van der Waals surface area contributed by atoms with E-state index in [2.05, 4.69) is 5.10 Å². The van der Waals surface area contributed by atoms with Crippen molar-refractivity contribution in [2.75, 3.05) is 0 Å². The van der Waals surface area contributed by atoms with Crippen molar-refractivity contribution in [3.05, 3.63) is 30.0 Å². The van der Waals surface area contributed by atoms with E-state index in [4.69, 9.17) is 0 Å². The first-order valence-corrected chi connectivity index (χ1v) is 6.05. The van der Waals surface area contributed by atoms with E-state index in [1.165, 1.54) is 0 Å². The van der Waals surface area contributed by atoms with Gasteiger partial charge in [0.2, 0.25) is 0 Å². The lowest BCUT2D eigenvalue weighted by Crippen LogP contribution is -2.08. The lowest BCUT2D eigenvalue weighted by molar-refractivity contribution is -0.136. The number of aromatic nitrogens is 2. The van der Waals surface area contributed by atoms with Crippen LogP contribution in [0.25, 0.3) is 10.9 Å². The van der Waals surface area contributed by atoms with Gasteiger partial charge in [-0.2, -0.15) is 18.3 Å². The van der Waals surface area contributed by atoms with Crippen molar-refractivity contribution in [2.24, 2.45) is 7.05 Å². The van der Waals surface area contributed by atoms with E-state index in [1.54, 1.807) is 11.7 Å². The van der Waals surface area contributed by atoms with E-state index >= 15 is 0 Å². The minimum atomic E-state index is -4.17. The Morgan fingerprint density at radius 2 is 2.00 bits per heavy atom. The van der Waals surface area contributed by atoms with E-state index in [9.17, 15) is 18.3 Å². The molecule has 0 aliphatic heterocycles. The van der Waals surface area contributed by atoms with Gasteiger partial charge in [-0.3, -0.25) is 4.68 Å². The maximum absolute atomic E-state index is 12.1. The van der Waals surface area contributed by atoms with Crippen LogP contribution in [0.3, 0.4) is 0 Å². The number of aliphatic hydroxyl groups is 1. The molecule has 104 valence electrons. The fourth-order valence-electron chi connectivity index (χ4n) is 2.12. The molecule has 0 saturated carbocycles. The first kappa shape index (κ1) is 13.9. The van der Waals surface area contributed by atoms with Crippen molar-refractivity contribution < 1.29 is 18.3 Å². The molecule has 0 spiro atoms. The Hall–Kier alpha value is -1.56. The van der Waals surface area contributed by atoms with Gasteiger partial charge in [-0.15, -0.1) is 0 Å². The van der Waals surface area contributed by atoms with Gasteiger partial charge in [-0.25, -0.2) is 0 Å². The van der Waals surface area contributed by atoms with Crippen LogP contribution >= 0.6 is 0 Å². The van der Waals surface area contributed by atoms with Crippen molar-refractivity contribution in [1.82, 2.24) is 9.78 Å². The number of hydrogen-bond acceptors (Lipinski definition) is 2. The maximum atomic E-state index is 12.1. The second-order valence-corrected chi connectivity index (χ2v) is 4.55. The highest BCUT2D eigenvalue weighted by Gasteiger charge is 2.27. The molecule has 0 fully saturated rings. The van der Waals surface area contributed by atoms with Crippen molar-refractivity contribution in [1.29, 1.82) is 0 Å². The van der Waals surface area contributed by atoms with Gasteiger partial charge in [-0.05, 0) is 18.9 Å². The number of fused-ring (bicyclic) bond motifs is 1. The molecule has 1 aromatic heterocycles. The fourth-order valence-corrected chi connectivity index (χ4v) is 2.12. The highest BCUT2D eigenvalue weighted by molar-refractivity contribution is 5.82. The molecular weight excluding hydrogens is 257 g/mol. The summed E-state index contributed by atoms with van der Waals surface area (Å²) in [7, 11) is 1.74. The smallest absolute Gasteiger partial charge is 0.387 e. The zero-order chi connectivity index (χ0) is 14.0. The van der Waals surface area contributed by atoms with Crippen molar-refractivity contribution in [2.45, 2.75) is 31.5 Å². The molecule has 1 aromatic carbocycles. The van der Waals surface area contributed by atoms with Crippen LogP contribution in [-0.4, -0.2) is 21.1 Å². The Bertz CT molecular complexity index is 563. The average Bonchev–Trinajstić information content (AvgIpc) is 2.66. The molecule has 19 heavy (non-hydrogen) atoms. The van der Waals surface area contributed by atoms with Gasteiger partial charge in [0.1, 0.15) is 0 Å². The van der Waals surface area contributed by atoms with Gasteiger partial charge in [0, 0.05) is 18.9 Å². The summed E-state index contributed by atoms with van der Waals surface area (Å²) in [5, 5.41) is 15.0. The SMILES string of the molecule is Cn1nc(C(O)CCCC(F)(F)F)c2ccccc21. The summed E-state index contributed by atoms with van der Waals surface area (Å²) in [4.78, 5) is 0. The monoisotopic (exact) mass is 272 g/mol. The Morgan fingerprint density at radius 1 is 1.32 bits per heavy atom. The molecule has 2 aromatic rings. The summed E-state index contributed by atoms with van der Waals surface area (Å²) < 4.78 is 37.8. The molecule has 0 aliphatic rings. The number of rotatable bonds is 4. The molecule has 0 aliphatic carbocycles. The number of alkyl halides is 3. The zero-order valence-electron chi connectivity index (χ0n) is 10.5. The van der Waals surface area contributed by atoms with Crippen molar-refractivity contribution >= 4 is 10.9 Å². The Labute approximate surface area is 108 Å². The minimum Gasteiger partial charge on any atom is -0.387 e. The third kappa shape index (κ3) is 3.26. The van der Waals surface area contributed by atoms with Crippen LogP contribution in [-0.2, 0) is 7.05 Å². The van der Waals surface area contributed by atoms with E-state index in [1.807, 2.05) is 24.3 Å². The van der Waals surface area contributed by atoms with Crippen LogP contribution in [0.15, 0.2) is 24.3 Å². The zero-order valence-corrected chi connectivity index (χ0v) is 10.5. The number of halogens is 3. The molecule has 6 heteroatoms. The number of hydrogen-bond donors (Lipinski definition) is 1. The number of benzene rings is 1. The van der Waals surface area contributed by atoms with Crippen LogP contribution in [0, 0.1) is 0 Å². The molecule has 1 unspecified atom stereocenters. The van der Waals surface area contributed by atoms with Crippen molar-refractivity contribution in [3.63, 3.8) is 0 Å². The fraction of sp³-hybridized carbons (Fsp3) is 0.462.